The highest BCUT2D eigenvalue weighted by Crippen LogP contribution is 2.23. The Morgan fingerprint density at radius 3 is 1.60 bits per heavy atom. The van der Waals surface area contributed by atoms with Gasteiger partial charge in [0.05, 0.1) is 0 Å². The molecular weight excluding hydrogens is 244 g/mol. The predicted octanol–water partition coefficient (Wildman–Crippen LogP) is 6.46. The third-order valence-electron chi connectivity index (χ3n) is 2.74. The van der Waals surface area contributed by atoms with Crippen molar-refractivity contribution in [3.05, 3.63) is 59.2 Å². The zero-order valence-electron chi connectivity index (χ0n) is 13.9. The molecule has 0 N–H and O–H groups in total. The Morgan fingerprint density at radius 1 is 0.600 bits per heavy atom. The van der Waals surface area contributed by atoms with Gasteiger partial charge in [0.25, 0.3) is 0 Å². The summed E-state index contributed by atoms with van der Waals surface area (Å²) in [5.41, 5.74) is 3.79. The lowest BCUT2D eigenvalue weighted by Crippen LogP contribution is -1.86. The van der Waals surface area contributed by atoms with Gasteiger partial charge in [-0.3, -0.25) is 0 Å². The van der Waals surface area contributed by atoms with Crippen LogP contribution in [0.5, 0.6) is 11.5 Å². The maximum Gasteiger partial charge on any atom is 0.127 e. The number of aryl methyl sites for hydroxylation is 3. The van der Waals surface area contributed by atoms with Gasteiger partial charge in [0.1, 0.15) is 11.5 Å². The Kier molecular flexibility index (Phi) is 9.19. The van der Waals surface area contributed by atoms with Gasteiger partial charge < -0.3 is 4.74 Å². The minimum absolute atomic E-state index is 0.883. The Balaban J connectivity index is 0.000000829. The SMILES string of the molecule is CC.CC.Cc1ccc(Oc2ccc(C)c(C)c2)cc1. The molecule has 0 fully saturated rings. The van der Waals surface area contributed by atoms with Crippen LogP contribution in [0.4, 0.5) is 0 Å². The molecule has 1 heteroatoms. The van der Waals surface area contributed by atoms with Crippen LogP contribution < -0.4 is 4.74 Å². The zero-order valence-corrected chi connectivity index (χ0v) is 13.9. The van der Waals surface area contributed by atoms with E-state index in [2.05, 4.69) is 45.0 Å². The van der Waals surface area contributed by atoms with Gasteiger partial charge in [-0.15, -0.1) is 0 Å². The summed E-state index contributed by atoms with van der Waals surface area (Å²) in [4.78, 5) is 0. The van der Waals surface area contributed by atoms with Gasteiger partial charge in [-0.05, 0) is 56.2 Å². The van der Waals surface area contributed by atoms with E-state index in [0.29, 0.717) is 0 Å². The first kappa shape index (κ1) is 18.2. The molecular formula is C19H28O. The summed E-state index contributed by atoms with van der Waals surface area (Å²) in [6.07, 6.45) is 0. The van der Waals surface area contributed by atoms with Crippen LogP contribution in [0.2, 0.25) is 0 Å². The van der Waals surface area contributed by atoms with Gasteiger partial charge in [-0.1, -0.05) is 51.5 Å². The van der Waals surface area contributed by atoms with E-state index in [-0.39, 0.29) is 0 Å². The van der Waals surface area contributed by atoms with Crippen molar-refractivity contribution in [2.24, 2.45) is 0 Å². The fourth-order valence-corrected chi connectivity index (χ4v) is 1.52. The molecule has 0 aromatic heterocycles. The van der Waals surface area contributed by atoms with Crippen LogP contribution in [0.1, 0.15) is 44.4 Å². The second-order valence-electron chi connectivity index (χ2n) is 4.16. The number of ether oxygens (including phenoxy) is 1. The highest BCUT2D eigenvalue weighted by Gasteiger charge is 1.99. The first-order chi connectivity index (χ1) is 9.65. The van der Waals surface area contributed by atoms with Crippen molar-refractivity contribution < 1.29 is 4.74 Å². The van der Waals surface area contributed by atoms with Gasteiger partial charge >= 0.3 is 0 Å². The lowest BCUT2D eigenvalue weighted by molar-refractivity contribution is 0.482. The smallest absolute Gasteiger partial charge is 0.127 e. The first-order valence-corrected chi connectivity index (χ1v) is 7.47. The van der Waals surface area contributed by atoms with Gasteiger partial charge in [-0.2, -0.15) is 0 Å². The largest absolute Gasteiger partial charge is 0.457 e. The van der Waals surface area contributed by atoms with E-state index in [1.807, 2.05) is 45.9 Å². The highest BCUT2D eigenvalue weighted by molar-refractivity contribution is 5.37. The normalized spacial score (nSPS) is 8.75. The zero-order chi connectivity index (χ0) is 15.5. The van der Waals surface area contributed by atoms with Crippen molar-refractivity contribution in [1.82, 2.24) is 0 Å². The van der Waals surface area contributed by atoms with Gasteiger partial charge in [0.15, 0.2) is 0 Å². The summed E-state index contributed by atoms with van der Waals surface area (Å²) in [5.74, 6) is 1.78. The van der Waals surface area contributed by atoms with E-state index >= 15 is 0 Å². The second kappa shape index (κ2) is 10.1. The van der Waals surface area contributed by atoms with E-state index in [9.17, 15) is 0 Å². The summed E-state index contributed by atoms with van der Waals surface area (Å²) >= 11 is 0. The minimum Gasteiger partial charge on any atom is -0.457 e. The van der Waals surface area contributed by atoms with Crippen molar-refractivity contribution in [1.29, 1.82) is 0 Å². The molecule has 0 radical (unpaired) electrons. The van der Waals surface area contributed by atoms with Gasteiger partial charge in [0.2, 0.25) is 0 Å². The molecule has 0 saturated carbocycles. The fraction of sp³-hybridized carbons (Fsp3) is 0.368. The van der Waals surface area contributed by atoms with E-state index in [1.165, 1.54) is 16.7 Å². The molecule has 0 unspecified atom stereocenters. The minimum atomic E-state index is 0.883. The molecule has 2 rings (SSSR count). The summed E-state index contributed by atoms with van der Waals surface area (Å²) in [7, 11) is 0. The van der Waals surface area contributed by atoms with E-state index < -0.39 is 0 Å². The summed E-state index contributed by atoms with van der Waals surface area (Å²) in [6.45, 7) is 14.3. The lowest BCUT2D eigenvalue weighted by Gasteiger charge is -2.08. The van der Waals surface area contributed by atoms with E-state index in [1.54, 1.807) is 0 Å². The number of rotatable bonds is 2. The van der Waals surface area contributed by atoms with Crippen molar-refractivity contribution in [2.75, 3.05) is 0 Å². The molecule has 0 aliphatic heterocycles. The molecule has 1 nitrogen and oxygen atoms in total. The average molecular weight is 272 g/mol. The summed E-state index contributed by atoms with van der Waals surface area (Å²) < 4.78 is 5.77. The van der Waals surface area contributed by atoms with Crippen LogP contribution >= 0.6 is 0 Å². The quantitative estimate of drug-likeness (QED) is 0.610. The van der Waals surface area contributed by atoms with Gasteiger partial charge in [0, 0.05) is 0 Å². The van der Waals surface area contributed by atoms with Crippen LogP contribution in [-0.4, -0.2) is 0 Å². The van der Waals surface area contributed by atoms with Crippen LogP contribution in [0.25, 0.3) is 0 Å². The van der Waals surface area contributed by atoms with Crippen molar-refractivity contribution in [3.8, 4) is 11.5 Å². The Bertz CT molecular complexity index is 484. The lowest BCUT2D eigenvalue weighted by atomic mass is 10.1. The van der Waals surface area contributed by atoms with Crippen LogP contribution in [0, 0.1) is 20.8 Å². The summed E-state index contributed by atoms with van der Waals surface area (Å²) in [6, 6.07) is 14.2. The van der Waals surface area contributed by atoms with Crippen molar-refractivity contribution >= 4 is 0 Å². The third kappa shape index (κ3) is 5.92. The molecule has 20 heavy (non-hydrogen) atoms. The molecule has 2 aromatic rings. The molecule has 0 aliphatic carbocycles. The molecule has 0 aliphatic rings. The standard InChI is InChI=1S/C15H16O.2C2H6/c1-11-4-7-14(8-5-11)16-15-9-6-12(2)13(3)10-15;2*1-2/h4-10H,1-3H3;2*1-2H3. The highest BCUT2D eigenvalue weighted by atomic mass is 16.5. The maximum atomic E-state index is 5.77. The molecule has 0 amide bonds. The third-order valence-corrected chi connectivity index (χ3v) is 2.74. The Morgan fingerprint density at radius 2 is 1.10 bits per heavy atom. The van der Waals surface area contributed by atoms with Crippen LogP contribution in [0.15, 0.2) is 42.5 Å². The molecule has 2 aromatic carbocycles. The topological polar surface area (TPSA) is 9.23 Å². The predicted molar refractivity (Wildman–Crippen MR) is 89.9 cm³/mol. The molecule has 110 valence electrons. The molecule has 0 saturated heterocycles. The van der Waals surface area contributed by atoms with E-state index in [0.717, 1.165) is 11.5 Å². The molecule has 0 bridgehead atoms. The average Bonchev–Trinajstić information content (AvgIpc) is 2.50. The fourth-order valence-electron chi connectivity index (χ4n) is 1.52. The van der Waals surface area contributed by atoms with Crippen LogP contribution in [-0.2, 0) is 0 Å². The maximum absolute atomic E-state index is 5.77. The second-order valence-corrected chi connectivity index (χ2v) is 4.16. The first-order valence-electron chi connectivity index (χ1n) is 7.47. The number of hydrogen-bond acceptors (Lipinski definition) is 1. The molecule has 0 atom stereocenters. The van der Waals surface area contributed by atoms with Crippen molar-refractivity contribution in [3.63, 3.8) is 0 Å². The van der Waals surface area contributed by atoms with Crippen molar-refractivity contribution in [2.45, 2.75) is 48.5 Å². The monoisotopic (exact) mass is 272 g/mol. The van der Waals surface area contributed by atoms with E-state index in [4.69, 9.17) is 4.74 Å². The Labute approximate surface area is 124 Å². The Hall–Kier alpha value is -1.76. The van der Waals surface area contributed by atoms with Crippen LogP contribution in [0.3, 0.4) is 0 Å². The van der Waals surface area contributed by atoms with Gasteiger partial charge in [-0.25, -0.2) is 0 Å². The number of benzene rings is 2. The summed E-state index contributed by atoms with van der Waals surface area (Å²) in [5, 5.41) is 0. The molecule has 0 heterocycles. The molecule has 0 spiro atoms. The number of hydrogen-bond donors (Lipinski definition) is 0.